The summed E-state index contributed by atoms with van der Waals surface area (Å²) < 4.78 is 11.0. The maximum absolute atomic E-state index is 11.9. The van der Waals surface area contributed by atoms with E-state index in [9.17, 15) is 9.90 Å². The van der Waals surface area contributed by atoms with Crippen LogP contribution in [0, 0.1) is 20.8 Å². The molecule has 0 aliphatic carbocycles. The van der Waals surface area contributed by atoms with E-state index in [0.29, 0.717) is 5.76 Å². The van der Waals surface area contributed by atoms with Crippen molar-refractivity contribution in [3.8, 4) is 5.75 Å². The molecule has 0 spiro atoms. The van der Waals surface area contributed by atoms with Crippen LogP contribution in [-0.4, -0.2) is 24.2 Å². The highest BCUT2D eigenvalue weighted by Crippen LogP contribution is 2.22. The molecule has 1 atom stereocenters. The van der Waals surface area contributed by atoms with Crippen LogP contribution in [0.2, 0.25) is 0 Å². The third-order valence-electron chi connectivity index (χ3n) is 3.69. The number of benzene rings is 1. The molecule has 0 aliphatic rings. The van der Waals surface area contributed by atoms with Gasteiger partial charge in [0.25, 0.3) is 0 Å². The van der Waals surface area contributed by atoms with Crippen LogP contribution in [0.1, 0.15) is 36.0 Å². The van der Waals surface area contributed by atoms with Crippen molar-refractivity contribution in [3.63, 3.8) is 0 Å². The van der Waals surface area contributed by atoms with Gasteiger partial charge in [-0.2, -0.15) is 0 Å². The fourth-order valence-corrected chi connectivity index (χ4v) is 2.45. The Morgan fingerprint density at radius 1 is 1.21 bits per heavy atom. The van der Waals surface area contributed by atoms with E-state index in [1.54, 1.807) is 19.1 Å². The Labute approximate surface area is 142 Å². The molecule has 0 saturated carbocycles. The van der Waals surface area contributed by atoms with E-state index in [1.807, 2.05) is 32.9 Å². The van der Waals surface area contributed by atoms with Gasteiger partial charge in [0, 0.05) is 0 Å². The summed E-state index contributed by atoms with van der Waals surface area (Å²) >= 11 is 0. The summed E-state index contributed by atoms with van der Waals surface area (Å²) in [6.45, 7) is 7.80. The van der Waals surface area contributed by atoms with Gasteiger partial charge in [-0.05, 0) is 63.1 Å². The van der Waals surface area contributed by atoms with Crippen LogP contribution >= 0.6 is 0 Å². The molecule has 5 heteroatoms. The van der Waals surface area contributed by atoms with Gasteiger partial charge >= 0.3 is 0 Å². The molecule has 2 aromatic rings. The maximum atomic E-state index is 11.9. The Morgan fingerprint density at radius 3 is 2.46 bits per heavy atom. The summed E-state index contributed by atoms with van der Waals surface area (Å²) in [6.07, 6.45) is 0.222. The minimum absolute atomic E-state index is 0.0857. The zero-order valence-electron chi connectivity index (χ0n) is 14.7. The van der Waals surface area contributed by atoms with Crippen LogP contribution in [0.25, 0.3) is 0 Å². The number of rotatable bonds is 7. The molecule has 1 aromatic heterocycles. The van der Waals surface area contributed by atoms with Crippen molar-refractivity contribution in [2.24, 2.45) is 0 Å². The SMILES string of the molecule is Cc1cc(C)cc(OCCC(=O)NCC(C)(O)c2ccc(C)o2)c1. The zero-order valence-corrected chi connectivity index (χ0v) is 14.7. The first-order chi connectivity index (χ1) is 11.3. The number of hydrogen-bond acceptors (Lipinski definition) is 4. The summed E-state index contributed by atoms with van der Waals surface area (Å²) in [7, 11) is 0. The van der Waals surface area contributed by atoms with E-state index in [-0.39, 0.29) is 25.5 Å². The molecular weight excluding hydrogens is 306 g/mol. The molecule has 1 heterocycles. The number of furan rings is 1. The molecule has 0 radical (unpaired) electrons. The smallest absolute Gasteiger partial charge is 0.223 e. The molecule has 2 rings (SSSR count). The number of nitrogens with one attached hydrogen (secondary N) is 1. The molecular formula is C19H25NO4. The third kappa shape index (κ3) is 5.13. The average Bonchev–Trinajstić information content (AvgIpc) is 2.92. The van der Waals surface area contributed by atoms with E-state index >= 15 is 0 Å². The summed E-state index contributed by atoms with van der Waals surface area (Å²) in [5.74, 6) is 1.74. The van der Waals surface area contributed by atoms with E-state index in [0.717, 1.165) is 22.6 Å². The third-order valence-corrected chi connectivity index (χ3v) is 3.69. The lowest BCUT2D eigenvalue weighted by atomic mass is 10.0. The molecule has 1 aromatic carbocycles. The number of amides is 1. The Hall–Kier alpha value is -2.27. The number of aryl methyl sites for hydroxylation is 3. The van der Waals surface area contributed by atoms with Crippen LogP contribution in [-0.2, 0) is 10.4 Å². The Morgan fingerprint density at radius 2 is 1.88 bits per heavy atom. The lowest BCUT2D eigenvalue weighted by molar-refractivity contribution is -0.122. The highest BCUT2D eigenvalue weighted by molar-refractivity contribution is 5.76. The van der Waals surface area contributed by atoms with Gasteiger partial charge in [-0.1, -0.05) is 6.07 Å². The predicted molar refractivity (Wildman–Crippen MR) is 92.1 cm³/mol. The Bertz CT molecular complexity index is 683. The van der Waals surface area contributed by atoms with Crippen molar-refractivity contribution < 1.29 is 19.1 Å². The van der Waals surface area contributed by atoms with Gasteiger partial charge in [0.1, 0.15) is 22.9 Å². The van der Waals surface area contributed by atoms with Crippen LogP contribution in [0.3, 0.4) is 0 Å². The van der Waals surface area contributed by atoms with Gasteiger partial charge in [-0.15, -0.1) is 0 Å². The minimum atomic E-state index is -1.24. The van der Waals surface area contributed by atoms with Crippen LogP contribution < -0.4 is 10.1 Å². The van der Waals surface area contributed by atoms with Gasteiger partial charge in [-0.3, -0.25) is 4.79 Å². The van der Waals surface area contributed by atoms with E-state index in [1.165, 1.54) is 0 Å². The fraction of sp³-hybridized carbons (Fsp3) is 0.421. The van der Waals surface area contributed by atoms with Crippen LogP contribution in [0.5, 0.6) is 5.75 Å². The topological polar surface area (TPSA) is 71.7 Å². The van der Waals surface area contributed by atoms with Crippen molar-refractivity contribution in [2.45, 2.75) is 39.7 Å². The first-order valence-electron chi connectivity index (χ1n) is 8.03. The van der Waals surface area contributed by atoms with Crippen molar-refractivity contribution in [1.29, 1.82) is 0 Å². The Balaban J connectivity index is 1.77. The molecule has 1 amide bonds. The summed E-state index contributed by atoms with van der Waals surface area (Å²) in [5, 5.41) is 13.1. The molecule has 130 valence electrons. The minimum Gasteiger partial charge on any atom is -0.493 e. The normalized spacial score (nSPS) is 13.4. The molecule has 0 fully saturated rings. The number of ether oxygens (including phenoxy) is 1. The molecule has 5 nitrogen and oxygen atoms in total. The van der Waals surface area contributed by atoms with E-state index in [2.05, 4.69) is 11.4 Å². The second-order valence-electron chi connectivity index (χ2n) is 6.38. The van der Waals surface area contributed by atoms with Crippen LogP contribution in [0.4, 0.5) is 0 Å². The number of aliphatic hydroxyl groups is 1. The average molecular weight is 331 g/mol. The molecule has 0 aliphatic heterocycles. The number of hydrogen-bond donors (Lipinski definition) is 2. The quantitative estimate of drug-likeness (QED) is 0.818. The number of carbonyl (C=O) groups is 1. The van der Waals surface area contributed by atoms with Crippen molar-refractivity contribution in [3.05, 3.63) is 53.0 Å². The predicted octanol–water partition coefficient (Wildman–Crippen LogP) is 3.00. The van der Waals surface area contributed by atoms with Gasteiger partial charge in [0.15, 0.2) is 0 Å². The largest absolute Gasteiger partial charge is 0.493 e. The first kappa shape index (κ1) is 18.1. The standard InChI is InChI=1S/C19H25NO4/c1-13-9-14(2)11-16(10-13)23-8-7-18(21)20-12-19(4,22)17-6-5-15(3)24-17/h5-6,9-11,22H,7-8,12H2,1-4H3,(H,20,21). The van der Waals surface area contributed by atoms with E-state index in [4.69, 9.17) is 9.15 Å². The summed E-state index contributed by atoms with van der Waals surface area (Å²) in [6, 6.07) is 9.44. The Kier molecular flexibility index (Phi) is 5.67. The lowest BCUT2D eigenvalue weighted by Gasteiger charge is -2.21. The molecule has 1 unspecified atom stereocenters. The highest BCUT2D eigenvalue weighted by Gasteiger charge is 2.27. The van der Waals surface area contributed by atoms with E-state index < -0.39 is 5.60 Å². The van der Waals surface area contributed by atoms with Crippen molar-refractivity contribution in [1.82, 2.24) is 5.32 Å². The number of carbonyl (C=O) groups excluding carboxylic acids is 1. The molecule has 0 saturated heterocycles. The summed E-state index contributed by atoms with van der Waals surface area (Å²) in [5.41, 5.74) is 1.01. The molecule has 0 bridgehead atoms. The van der Waals surface area contributed by atoms with Gasteiger partial charge < -0.3 is 19.6 Å². The van der Waals surface area contributed by atoms with Crippen molar-refractivity contribution in [2.75, 3.05) is 13.2 Å². The van der Waals surface area contributed by atoms with Gasteiger partial charge in [-0.25, -0.2) is 0 Å². The fourth-order valence-electron chi connectivity index (χ4n) is 2.45. The van der Waals surface area contributed by atoms with Crippen LogP contribution in [0.15, 0.2) is 34.7 Å². The molecule has 2 N–H and O–H groups in total. The van der Waals surface area contributed by atoms with Crippen molar-refractivity contribution >= 4 is 5.91 Å². The zero-order chi connectivity index (χ0) is 17.7. The first-order valence-corrected chi connectivity index (χ1v) is 8.03. The second kappa shape index (κ2) is 7.53. The molecule has 24 heavy (non-hydrogen) atoms. The van der Waals surface area contributed by atoms with Gasteiger partial charge in [0.05, 0.1) is 19.6 Å². The highest BCUT2D eigenvalue weighted by atomic mass is 16.5. The monoisotopic (exact) mass is 331 g/mol. The maximum Gasteiger partial charge on any atom is 0.223 e. The van der Waals surface area contributed by atoms with Gasteiger partial charge in [0.2, 0.25) is 5.91 Å². The summed E-state index contributed by atoms with van der Waals surface area (Å²) in [4.78, 5) is 11.9. The lowest BCUT2D eigenvalue weighted by Crippen LogP contribution is -2.38. The second-order valence-corrected chi connectivity index (χ2v) is 6.38.